The molecule has 0 aliphatic carbocycles. The average Bonchev–Trinajstić information content (AvgIpc) is 2.67. The topological polar surface area (TPSA) is 88.5 Å². The number of aromatic nitrogens is 3. The summed E-state index contributed by atoms with van der Waals surface area (Å²) in [5.74, 6) is -0.400. The van der Waals surface area contributed by atoms with Gasteiger partial charge in [-0.1, -0.05) is 6.07 Å². The highest BCUT2D eigenvalue weighted by Gasteiger charge is 2.42. The molecule has 0 radical (unpaired) electrons. The highest BCUT2D eigenvalue weighted by molar-refractivity contribution is 5.94. The van der Waals surface area contributed by atoms with Gasteiger partial charge in [-0.3, -0.25) is 9.59 Å². The van der Waals surface area contributed by atoms with Crippen molar-refractivity contribution in [1.29, 1.82) is 0 Å². The largest absolute Gasteiger partial charge is 0.362 e. The smallest absolute Gasteiger partial charge is 0.272 e. The van der Waals surface area contributed by atoms with Crippen LogP contribution in [0, 0.1) is 0 Å². The van der Waals surface area contributed by atoms with Crippen LogP contribution in [-0.2, 0) is 9.53 Å². The number of carbonyl (C=O) groups excluding carboxylic acids is 2. The molecule has 2 aromatic heterocycles. The lowest BCUT2D eigenvalue weighted by Gasteiger charge is -2.40. The Hall–Kier alpha value is -2.87. The van der Waals surface area contributed by atoms with E-state index in [0.29, 0.717) is 24.5 Å². The van der Waals surface area contributed by atoms with E-state index in [4.69, 9.17) is 4.74 Å². The van der Waals surface area contributed by atoms with E-state index in [9.17, 15) is 9.59 Å². The molecule has 1 atom stereocenters. The molecule has 26 heavy (non-hydrogen) atoms. The average molecular weight is 355 g/mol. The summed E-state index contributed by atoms with van der Waals surface area (Å²) in [5, 5.41) is 0. The molecule has 3 rings (SSSR count). The van der Waals surface area contributed by atoms with Gasteiger partial charge in [-0.15, -0.1) is 0 Å². The molecule has 2 amide bonds. The molecule has 2 aromatic rings. The van der Waals surface area contributed by atoms with Crippen molar-refractivity contribution in [1.82, 2.24) is 24.8 Å². The summed E-state index contributed by atoms with van der Waals surface area (Å²) in [6, 6.07) is 5.23. The first-order chi connectivity index (χ1) is 12.4. The molecule has 136 valence electrons. The van der Waals surface area contributed by atoms with Gasteiger partial charge in [-0.2, -0.15) is 0 Å². The third-order valence-corrected chi connectivity index (χ3v) is 4.24. The Morgan fingerprint density at radius 3 is 2.65 bits per heavy atom. The summed E-state index contributed by atoms with van der Waals surface area (Å²) < 4.78 is 5.68. The van der Waals surface area contributed by atoms with E-state index >= 15 is 0 Å². The van der Waals surface area contributed by atoms with Crippen LogP contribution < -0.4 is 0 Å². The summed E-state index contributed by atoms with van der Waals surface area (Å²) in [6.45, 7) is 2.60. The van der Waals surface area contributed by atoms with Gasteiger partial charge >= 0.3 is 0 Å². The monoisotopic (exact) mass is 355 g/mol. The van der Waals surface area contributed by atoms with Crippen molar-refractivity contribution in [2.45, 2.75) is 12.5 Å². The van der Waals surface area contributed by atoms with E-state index in [1.165, 1.54) is 11.2 Å². The second kappa shape index (κ2) is 7.17. The third kappa shape index (κ3) is 3.55. The second-order valence-corrected chi connectivity index (χ2v) is 6.54. The van der Waals surface area contributed by atoms with E-state index in [1.807, 2.05) is 0 Å². The molecule has 0 aromatic carbocycles. The number of rotatable bonds is 3. The molecule has 1 fully saturated rings. The van der Waals surface area contributed by atoms with Crippen molar-refractivity contribution >= 4 is 11.8 Å². The molecule has 1 aliphatic heterocycles. The SMILES string of the molecule is CN(C)C(=O)[C@]1(C)CN(C(=O)c2cccc(-c3cncnc3)n2)CCO1. The Balaban J connectivity index is 1.82. The van der Waals surface area contributed by atoms with Crippen LogP contribution in [0.2, 0.25) is 0 Å². The maximum absolute atomic E-state index is 12.9. The quantitative estimate of drug-likeness (QED) is 0.811. The molecular formula is C18H21N5O3. The molecule has 0 saturated carbocycles. The van der Waals surface area contributed by atoms with E-state index in [-0.39, 0.29) is 18.4 Å². The van der Waals surface area contributed by atoms with Crippen LogP contribution in [0.3, 0.4) is 0 Å². The van der Waals surface area contributed by atoms with Gasteiger partial charge in [0.2, 0.25) is 0 Å². The lowest BCUT2D eigenvalue weighted by Crippen LogP contribution is -2.59. The van der Waals surface area contributed by atoms with Gasteiger partial charge in [0.15, 0.2) is 5.60 Å². The van der Waals surface area contributed by atoms with E-state index in [1.54, 1.807) is 56.5 Å². The van der Waals surface area contributed by atoms with Crippen molar-refractivity contribution in [3.8, 4) is 11.3 Å². The zero-order valence-corrected chi connectivity index (χ0v) is 15.0. The lowest BCUT2D eigenvalue weighted by atomic mass is 10.0. The third-order valence-electron chi connectivity index (χ3n) is 4.24. The van der Waals surface area contributed by atoms with Crippen LogP contribution in [0.1, 0.15) is 17.4 Å². The summed E-state index contributed by atoms with van der Waals surface area (Å²) in [7, 11) is 3.34. The fourth-order valence-corrected chi connectivity index (χ4v) is 2.95. The molecule has 8 heteroatoms. The molecule has 3 heterocycles. The standard InChI is InChI=1S/C18H21N5O3/c1-18(17(25)22(2)3)11-23(7-8-26-18)16(24)15-6-4-5-14(21-15)13-9-19-12-20-10-13/h4-6,9-10,12H,7-8,11H2,1-3H3/t18-/m0/s1. The maximum Gasteiger partial charge on any atom is 0.272 e. The van der Waals surface area contributed by atoms with Gasteiger partial charge < -0.3 is 14.5 Å². The number of carbonyl (C=O) groups is 2. The summed E-state index contributed by atoms with van der Waals surface area (Å²) in [6.07, 6.45) is 4.73. The van der Waals surface area contributed by atoms with Crippen molar-refractivity contribution < 1.29 is 14.3 Å². The maximum atomic E-state index is 12.9. The van der Waals surface area contributed by atoms with E-state index in [0.717, 1.165) is 5.56 Å². The van der Waals surface area contributed by atoms with Gasteiger partial charge in [-0.05, 0) is 19.1 Å². The molecule has 1 saturated heterocycles. The number of likely N-dealkylation sites (N-methyl/N-ethyl adjacent to an activating group) is 1. The molecular weight excluding hydrogens is 334 g/mol. The Labute approximate surface area is 151 Å². The zero-order valence-electron chi connectivity index (χ0n) is 15.0. The van der Waals surface area contributed by atoms with Crippen LogP contribution >= 0.6 is 0 Å². The van der Waals surface area contributed by atoms with Gasteiger partial charge in [0.05, 0.1) is 18.8 Å². The minimum absolute atomic E-state index is 0.168. The molecule has 0 unspecified atom stereocenters. The Morgan fingerprint density at radius 1 is 1.23 bits per heavy atom. The van der Waals surface area contributed by atoms with E-state index < -0.39 is 5.60 Å². The fourth-order valence-electron chi connectivity index (χ4n) is 2.95. The Bertz CT molecular complexity index is 811. The van der Waals surface area contributed by atoms with Crippen LogP contribution in [0.15, 0.2) is 36.9 Å². The van der Waals surface area contributed by atoms with Gasteiger partial charge in [0, 0.05) is 38.6 Å². The van der Waals surface area contributed by atoms with Gasteiger partial charge in [0.25, 0.3) is 11.8 Å². The first-order valence-electron chi connectivity index (χ1n) is 8.28. The van der Waals surface area contributed by atoms with Gasteiger partial charge in [0.1, 0.15) is 12.0 Å². The highest BCUT2D eigenvalue weighted by Crippen LogP contribution is 2.22. The van der Waals surface area contributed by atoms with Crippen LogP contribution in [0.25, 0.3) is 11.3 Å². The number of nitrogens with zero attached hydrogens (tertiary/aromatic N) is 5. The summed E-state index contributed by atoms with van der Waals surface area (Å²) >= 11 is 0. The summed E-state index contributed by atoms with van der Waals surface area (Å²) in [5.41, 5.74) is 0.615. The zero-order chi connectivity index (χ0) is 18.7. The van der Waals surface area contributed by atoms with E-state index in [2.05, 4.69) is 15.0 Å². The number of hydrogen-bond acceptors (Lipinski definition) is 6. The Morgan fingerprint density at radius 2 is 1.96 bits per heavy atom. The number of morpholine rings is 1. The van der Waals surface area contributed by atoms with Crippen LogP contribution in [0.5, 0.6) is 0 Å². The fraction of sp³-hybridized carbons (Fsp3) is 0.389. The van der Waals surface area contributed by atoms with Crippen molar-refractivity contribution in [3.63, 3.8) is 0 Å². The molecule has 1 aliphatic rings. The van der Waals surface area contributed by atoms with Crippen molar-refractivity contribution in [2.75, 3.05) is 33.8 Å². The first kappa shape index (κ1) is 17.9. The minimum Gasteiger partial charge on any atom is -0.362 e. The number of pyridine rings is 1. The summed E-state index contributed by atoms with van der Waals surface area (Å²) in [4.78, 5) is 40.8. The lowest BCUT2D eigenvalue weighted by molar-refractivity contribution is -0.162. The molecule has 8 nitrogen and oxygen atoms in total. The highest BCUT2D eigenvalue weighted by atomic mass is 16.5. The number of amides is 2. The van der Waals surface area contributed by atoms with Crippen LogP contribution in [-0.4, -0.2) is 76.0 Å². The normalized spacial score (nSPS) is 19.9. The second-order valence-electron chi connectivity index (χ2n) is 6.54. The van der Waals surface area contributed by atoms with Crippen LogP contribution in [0.4, 0.5) is 0 Å². The Kier molecular flexibility index (Phi) is 4.94. The van der Waals surface area contributed by atoms with Crippen molar-refractivity contribution in [3.05, 3.63) is 42.6 Å². The minimum atomic E-state index is -1.05. The molecule has 0 N–H and O–H groups in total. The molecule has 0 bridgehead atoms. The predicted octanol–water partition coefficient (Wildman–Crippen LogP) is 0.858. The van der Waals surface area contributed by atoms with Crippen molar-refractivity contribution in [2.24, 2.45) is 0 Å². The number of ether oxygens (including phenoxy) is 1. The first-order valence-corrected chi connectivity index (χ1v) is 8.28. The number of hydrogen-bond donors (Lipinski definition) is 0. The van der Waals surface area contributed by atoms with Gasteiger partial charge in [-0.25, -0.2) is 15.0 Å². The molecule has 0 spiro atoms. The predicted molar refractivity (Wildman–Crippen MR) is 94.2 cm³/mol.